The van der Waals surface area contributed by atoms with Crippen LogP contribution >= 0.6 is 12.4 Å². The lowest BCUT2D eigenvalue weighted by Crippen LogP contribution is -2.46. The maximum atomic E-state index is 2.29. The molecule has 0 amide bonds. The predicted molar refractivity (Wildman–Crippen MR) is 74.3 cm³/mol. The van der Waals surface area contributed by atoms with Gasteiger partial charge in [-0.1, -0.05) is 30.3 Å². The van der Waals surface area contributed by atoms with E-state index in [1.54, 1.807) is 0 Å². The van der Waals surface area contributed by atoms with Gasteiger partial charge in [0.05, 0.1) is 19.6 Å². The van der Waals surface area contributed by atoms with E-state index in [-0.39, 0.29) is 18.6 Å². The van der Waals surface area contributed by atoms with Gasteiger partial charge in [-0.05, 0) is 20.8 Å². The Bertz CT molecular complexity index is 250. The lowest BCUT2D eigenvalue weighted by atomic mass is 10.2. The molecule has 0 radical (unpaired) electrons. The van der Waals surface area contributed by atoms with E-state index in [0.29, 0.717) is 0 Å². The van der Waals surface area contributed by atoms with Crippen LogP contribution in [0.1, 0.15) is 26.3 Å². The molecule has 0 aliphatic rings. The van der Waals surface area contributed by atoms with Gasteiger partial charge in [0.2, 0.25) is 0 Å². The Morgan fingerprint density at radius 2 is 1.31 bits per heavy atom. The van der Waals surface area contributed by atoms with E-state index in [1.807, 2.05) is 0 Å². The number of halogens is 1. The molecule has 2 nitrogen and oxygen atoms in total. The van der Waals surface area contributed by atoms with Crippen molar-refractivity contribution in [3.8, 4) is 0 Å². The molecule has 0 aliphatic heterocycles. The van der Waals surface area contributed by atoms with Crippen molar-refractivity contribution in [1.29, 1.82) is 0 Å². The van der Waals surface area contributed by atoms with Crippen molar-refractivity contribution in [3.05, 3.63) is 35.9 Å². The second-order valence-electron chi connectivity index (χ2n) is 3.93. The highest BCUT2D eigenvalue weighted by Crippen LogP contribution is 2.13. The summed E-state index contributed by atoms with van der Waals surface area (Å²) in [5.74, 6) is 0. The van der Waals surface area contributed by atoms with E-state index in [1.165, 1.54) is 36.2 Å². The monoisotopic (exact) mass is 245 g/mol. The van der Waals surface area contributed by atoms with Crippen molar-refractivity contribution in [3.63, 3.8) is 0 Å². The Kier molecular flexibility index (Phi) is 9.54. The molecule has 1 aromatic rings. The minimum atomic E-state index is 0. The lowest BCUT2D eigenvalue weighted by Gasteiger charge is -2.35. The normalized spacial score (nSPS) is 10.2. The van der Waals surface area contributed by atoms with Gasteiger partial charge in [0, 0.05) is 5.56 Å². The quantitative estimate of drug-likeness (QED) is 0.790. The molecule has 3 heteroatoms. The van der Waals surface area contributed by atoms with Crippen LogP contribution in [0.15, 0.2) is 30.3 Å². The molecule has 0 aromatic heterocycles. The van der Waals surface area contributed by atoms with Crippen LogP contribution < -0.4 is 6.15 Å². The third kappa shape index (κ3) is 4.52. The predicted octanol–water partition coefficient (Wildman–Crippen LogP) is 3.65. The topological polar surface area (TPSA) is 35.0 Å². The Morgan fingerprint density at radius 1 is 0.875 bits per heavy atom. The number of quaternary nitrogens is 1. The highest BCUT2D eigenvalue weighted by atomic mass is 35.5. The molecule has 0 bridgehead atoms. The van der Waals surface area contributed by atoms with Crippen LogP contribution in [0.4, 0.5) is 0 Å². The van der Waals surface area contributed by atoms with Gasteiger partial charge in [0.25, 0.3) is 0 Å². The largest absolute Gasteiger partial charge is 0.344 e. The minimum Gasteiger partial charge on any atom is -0.344 e. The SMILES string of the molecule is CC[N+](CC)(CC)Cc1ccccc1.Cl.N. The maximum absolute atomic E-state index is 2.29. The van der Waals surface area contributed by atoms with Crippen molar-refractivity contribution in [2.45, 2.75) is 27.3 Å². The summed E-state index contributed by atoms with van der Waals surface area (Å²) in [5, 5.41) is 0. The Balaban J connectivity index is 0. The van der Waals surface area contributed by atoms with Crippen molar-refractivity contribution >= 4 is 12.4 Å². The molecule has 0 spiro atoms. The number of benzene rings is 1. The molecule has 0 atom stereocenters. The second-order valence-corrected chi connectivity index (χ2v) is 3.93. The standard InChI is InChI=1S/C13H22N.ClH.H3N/c1-4-14(5-2,6-3)12-13-10-8-7-9-11-13;;/h7-11H,4-6,12H2,1-3H3;1H;1H3/q+1;;. The van der Waals surface area contributed by atoms with E-state index >= 15 is 0 Å². The van der Waals surface area contributed by atoms with Crippen LogP contribution in [0.2, 0.25) is 0 Å². The molecular formula is C13H26ClN2+. The van der Waals surface area contributed by atoms with E-state index in [9.17, 15) is 0 Å². The van der Waals surface area contributed by atoms with Crippen molar-refractivity contribution < 1.29 is 4.48 Å². The Hall–Kier alpha value is -0.570. The van der Waals surface area contributed by atoms with Crippen molar-refractivity contribution in [1.82, 2.24) is 6.15 Å². The summed E-state index contributed by atoms with van der Waals surface area (Å²) in [4.78, 5) is 0. The number of hydrogen-bond acceptors (Lipinski definition) is 1. The Labute approximate surface area is 106 Å². The highest BCUT2D eigenvalue weighted by molar-refractivity contribution is 5.85. The summed E-state index contributed by atoms with van der Waals surface area (Å²) in [6.45, 7) is 11.7. The minimum absolute atomic E-state index is 0. The third-order valence-corrected chi connectivity index (χ3v) is 3.37. The van der Waals surface area contributed by atoms with E-state index in [4.69, 9.17) is 0 Å². The van der Waals surface area contributed by atoms with E-state index in [0.717, 1.165) is 0 Å². The average molecular weight is 246 g/mol. The summed E-state index contributed by atoms with van der Waals surface area (Å²) in [7, 11) is 0. The molecule has 0 unspecified atom stereocenters. The molecule has 0 heterocycles. The first-order chi connectivity index (χ1) is 6.76. The fourth-order valence-electron chi connectivity index (χ4n) is 1.98. The zero-order valence-corrected chi connectivity index (χ0v) is 11.6. The fourth-order valence-corrected chi connectivity index (χ4v) is 1.98. The molecule has 3 N–H and O–H groups in total. The van der Waals surface area contributed by atoms with Gasteiger partial charge in [-0.2, -0.15) is 0 Å². The first-order valence-electron chi connectivity index (χ1n) is 5.65. The van der Waals surface area contributed by atoms with Crippen LogP contribution in [0.5, 0.6) is 0 Å². The van der Waals surface area contributed by atoms with Crippen molar-refractivity contribution in [2.24, 2.45) is 0 Å². The summed E-state index contributed by atoms with van der Waals surface area (Å²) in [6, 6.07) is 10.8. The lowest BCUT2D eigenvalue weighted by molar-refractivity contribution is -0.936. The van der Waals surface area contributed by atoms with E-state index < -0.39 is 0 Å². The summed E-state index contributed by atoms with van der Waals surface area (Å²) < 4.78 is 1.20. The van der Waals surface area contributed by atoms with Gasteiger partial charge in [-0.3, -0.25) is 0 Å². The first-order valence-corrected chi connectivity index (χ1v) is 5.65. The van der Waals surface area contributed by atoms with Gasteiger partial charge in [0.1, 0.15) is 6.54 Å². The summed E-state index contributed by atoms with van der Waals surface area (Å²) in [5.41, 5.74) is 1.46. The summed E-state index contributed by atoms with van der Waals surface area (Å²) >= 11 is 0. The van der Waals surface area contributed by atoms with Gasteiger partial charge in [0.15, 0.2) is 0 Å². The molecule has 1 rings (SSSR count). The molecule has 1 aromatic carbocycles. The van der Waals surface area contributed by atoms with Crippen LogP contribution in [0, 0.1) is 0 Å². The average Bonchev–Trinajstić information content (AvgIpc) is 2.28. The van der Waals surface area contributed by atoms with Gasteiger partial charge >= 0.3 is 0 Å². The fraction of sp³-hybridized carbons (Fsp3) is 0.538. The zero-order valence-electron chi connectivity index (χ0n) is 10.8. The van der Waals surface area contributed by atoms with Crippen LogP contribution in [0.25, 0.3) is 0 Å². The first kappa shape index (κ1) is 17.8. The van der Waals surface area contributed by atoms with Crippen LogP contribution in [-0.4, -0.2) is 24.1 Å². The van der Waals surface area contributed by atoms with Crippen LogP contribution in [0.3, 0.4) is 0 Å². The maximum Gasteiger partial charge on any atom is 0.104 e. The number of nitrogens with zero attached hydrogens (tertiary/aromatic N) is 1. The molecular weight excluding hydrogens is 220 g/mol. The van der Waals surface area contributed by atoms with Crippen LogP contribution in [-0.2, 0) is 6.54 Å². The zero-order chi connectivity index (χ0) is 10.4. The number of hydrogen-bond donors (Lipinski definition) is 1. The second kappa shape index (κ2) is 8.57. The molecule has 0 aliphatic carbocycles. The molecule has 94 valence electrons. The van der Waals surface area contributed by atoms with Crippen molar-refractivity contribution in [2.75, 3.05) is 19.6 Å². The van der Waals surface area contributed by atoms with Gasteiger partial charge in [-0.25, -0.2) is 0 Å². The smallest absolute Gasteiger partial charge is 0.104 e. The highest BCUT2D eigenvalue weighted by Gasteiger charge is 2.20. The third-order valence-electron chi connectivity index (χ3n) is 3.37. The van der Waals surface area contributed by atoms with Gasteiger partial charge in [-0.15, -0.1) is 12.4 Å². The van der Waals surface area contributed by atoms with Gasteiger partial charge < -0.3 is 10.6 Å². The molecule has 0 saturated heterocycles. The molecule has 0 saturated carbocycles. The Morgan fingerprint density at radius 3 is 1.69 bits per heavy atom. The molecule has 0 fully saturated rings. The van der Waals surface area contributed by atoms with E-state index in [2.05, 4.69) is 51.1 Å². The molecule has 16 heavy (non-hydrogen) atoms. The number of rotatable bonds is 5. The summed E-state index contributed by atoms with van der Waals surface area (Å²) in [6.07, 6.45) is 0.